The Labute approximate surface area is 123 Å². The quantitative estimate of drug-likeness (QED) is 0.610. The van der Waals surface area contributed by atoms with Crippen molar-refractivity contribution in [1.29, 1.82) is 0 Å². The highest BCUT2D eigenvalue weighted by atomic mass is 32.2. The third kappa shape index (κ3) is 4.45. The fraction of sp³-hybridized carbons (Fsp3) is 0.385. The van der Waals surface area contributed by atoms with Crippen LogP contribution in [-0.4, -0.2) is 20.9 Å². The van der Waals surface area contributed by atoms with Crippen molar-refractivity contribution in [1.82, 2.24) is 14.8 Å². The molecule has 1 atom stereocenters. The highest BCUT2D eigenvalue weighted by molar-refractivity contribution is 7.99. The average Bonchev–Trinajstić information content (AvgIpc) is 2.82. The Balaban J connectivity index is 2.16. The van der Waals surface area contributed by atoms with Crippen LogP contribution >= 0.6 is 11.8 Å². The third-order valence-corrected chi connectivity index (χ3v) is 4.21. The van der Waals surface area contributed by atoms with Crippen LogP contribution in [0.25, 0.3) is 0 Å². The third-order valence-electron chi connectivity index (χ3n) is 2.79. The summed E-state index contributed by atoms with van der Waals surface area (Å²) < 4.78 is 51.3. The molecule has 2 rings (SSSR count). The van der Waals surface area contributed by atoms with Gasteiger partial charge in [0.15, 0.2) is 5.16 Å². The van der Waals surface area contributed by atoms with Crippen molar-refractivity contribution in [2.75, 3.05) is 0 Å². The van der Waals surface area contributed by atoms with E-state index in [1.165, 1.54) is 23.9 Å². The lowest BCUT2D eigenvalue weighted by Crippen LogP contribution is -2.17. The monoisotopic (exact) mass is 319 g/mol. The van der Waals surface area contributed by atoms with Crippen molar-refractivity contribution in [2.24, 2.45) is 0 Å². The van der Waals surface area contributed by atoms with Crippen LogP contribution in [0.1, 0.15) is 24.2 Å². The van der Waals surface area contributed by atoms with Gasteiger partial charge in [-0.25, -0.2) is 4.39 Å². The molecule has 0 radical (unpaired) electrons. The van der Waals surface area contributed by atoms with E-state index >= 15 is 0 Å². The van der Waals surface area contributed by atoms with Gasteiger partial charge in [-0.2, -0.15) is 13.2 Å². The number of hydrogen-bond donors (Lipinski definition) is 0. The number of nitrogens with zero attached hydrogens (tertiary/aromatic N) is 3. The first-order chi connectivity index (χ1) is 9.89. The van der Waals surface area contributed by atoms with E-state index in [2.05, 4.69) is 10.2 Å². The zero-order valence-electron chi connectivity index (χ0n) is 11.1. The van der Waals surface area contributed by atoms with E-state index in [-0.39, 0.29) is 16.2 Å². The van der Waals surface area contributed by atoms with E-state index in [4.69, 9.17) is 0 Å². The fourth-order valence-corrected chi connectivity index (χ4v) is 2.88. The molecule has 0 aliphatic carbocycles. The second kappa shape index (κ2) is 6.46. The smallest absolute Gasteiger partial charge is 0.299 e. The molecule has 0 unspecified atom stereocenters. The van der Waals surface area contributed by atoms with Crippen molar-refractivity contribution >= 4 is 11.8 Å². The lowest BCUT2D eigenvalue weighted by Gasteiger charge is -2.15. The zero-order valence-corrected chi connectivity index (χ0v) is 12.0. The zero-order chi connectivity index (χ0) is 15.5. The number of rotatable bonds is 5. The molecule has 0 aliphatic heterocycles. The summed E-state index contributed by atoms with van der Waals surface area (Å²) in [6.07, 6.45) is -2.59. The summed E-state index contributed by atoms with van der Waals surface area (Å²) in [5, 5.41) is 7.35. The molecule has 1 aromatic carbocycles. The molecule has 0 fully saturated rings. The molecule has 2 aromatic rings. The molecule has 1 aromatic heterocycles. The van der Waals surface area contributed by atoms with Crippen LogP contribution in [0, 0.1) is 5.82 Å². The Morgan fingerprint density at radius 1 is 1.24 bits per heavy atom. The molecule has 114 valence electrons. The molecule has 3 nitrogen and oxygen atoms in total. The molecule has 8 heteroatoms. The van der Waals surface area contributed by atoms with Gasteiger partial charge in [0.2, 0.25) is 0 Å². The molecule has 0 N–H and O–H groups in total. The van der Waals surface area contributed by atoms with Gasteiger partial charge in [-0.1, -0.05) is 30.8 Å². The summed E-state index contributed by atoms with van der Waals surface area (Å²) >= 11 is 1.19. The number of thioether (sulfide) groups is 1. The standard InChI is InChI=1S/C13H13F4N3S/c1-2-11(9-3-5-10(14)6-4-9)21-12-19-18-8-20(12)7-13(15,16)17/h3-6,8,11H,2,7H2,1H3/t11-/m1/s1. The van der Waals surface area contributed by atoms with Gasteiger partial charge < -0.3 is 0 Å². The second-order valence-corrected chi connectivity index (χ2v) is 5.59. The Morgan fingerprint density at radius 3 is 2.48 bits per heavy atom. The maximum Gasteiger partial charge on any atom is 0.406 e. The van der Waals surface area contributed by atoms with Gasteiger partial charge in [0.05, 0.1) is 0 Å². The number of aromatic nitrogens is 3. The van der Waals surface area contributed by atoms with E-state index < -0.39 is 12.7 Å². The van der Waals surface area contributed by atoms with Crippen LogP contribution in [0.15, 0.2) is 35.7 Å². The predicted molar refractivity (Wildman–Crippen MR) is 71.4 cm³/mol. The van der Waals surface area contributed by atoms with Crippen molar-refractivity contribution in [2.45, 2.75) is 36.5 Å². The minimum atomic E-state index is -4.32. The van der Waals surface area contributed by atoms with Gasteiger partial charge in [0, 0.05) is 5.25 Å². The Bertz CT molecular complexity index is 580. The number of alkyl halides is 3. The molecule has 0 bridgehead atoms. The van der Waals surface area contributed by atoms with Crippen molar-refractivity contribution in [3.63, 3.8) is 0 Å². The molecule has 0 spiro atoms. The predicted octanol–water partition coefficient (Wildman–Crippen LogP) is 4.22. The summed E-state index contributed by atoms with van der Waals surface area (Å²) in [7, 11) is 0. The first-order valence-electron chi connectivity index (χ1n) is 6.25. The first kappa shape index (κ1) is 15.8. The van der Waals surface area contributed by atoms with Crippen LogP contribution in [-0.2, 0) is 6.54 Å². The minimum absolute atomic E-state index is 0.109. The van der Waals surface area contributed by atoms with E-state index in [0.29, 0.717) is 6.42 Å². The first-order valence-corrected chi connectivity index (χ1v) is 7.13. The van der Waals surface area contributed by atoms with Crippen LogP contribution in [0.4, 0.5) is 17.6 Å². The molecule has 0 aliphatic rings. The Morgan fingerprint density at radius 2 is 1.90 bits per heavy atom. The van der Waals surface area contributed by atoms with Crippen molar-refractivity contribution in [3.05, 3.63) is 42.0 Å². The normalized spacial score (nSPS) is 13.4. The van der Waals surface area contributed by atoms with Crippen LogP contribution in [0.3, 0.4) is 0 Å². The number of halogens is 4. The minimum Gasteiger partial charge on any atom is -0.299 e. The van der Waals surface area contributed by atoms with E-state index in [1.54, 1.807) is 12.1 Å². The van der Waals surface area contributed by atoms with Crippen LogP contribution in [0.2, 0.25) is 0 Å². The molecular formula is C13H13F4N3S. The summed E-state index contributed by atoms with van der Waals surface area (Å²) in [4.78, 5) is 0. The van der Waals surface area contributed by atoms with Crippen molar-refractivity contribution in [3.8, 4) is 0 Å². The van der Waals surface area contributed by atoms with Gasteiger partial charge in [0.1, 0.15) is 18.7 Å². The SMILES string of the molecule is CC[C@@H](Sc1nncn1CC(F)(F)F)c1ccc(F)cc1. The summed E-state index contributed by atoms with van der Waals surface area (Å²) in [6.45, 7) is 0.785. The van der Waals surface area contributed by atoms with Crippen LogP contribution in [0.5, 0.6) is 0 Å². The maximum atomic E-state index is 12.9. The Kier molecular flexibility index (Phi) is 4.87. The molecule has 0 saturated heterocycles. The maximum absolute atomic E-state index is 12.9. The van der Waals surface area contributed by atoms with Gasteiger partial charge >= 0.3 is 6.18 Å². The van der Waals surface area contributed by atoms with E-state index in [1.807, 2.05) is 6.92 Å². The summed E-state index contributed by atoms with van der Waals surface area (Å²) in [5.74, 6) is -0.348. The summed E-state index contributed by atoms with van der Waals surface area (Å²) in [6, 6.07) is 5.92. The fourth-order valence-electron chi connectivity index (χ4n) is 1.83. The highest BCUT2D eigenvalue weighted by Crippen LogP contribution is 2.37. The molecular weight excluding hydrogens is 306 g/mol. The summed E-state index contributed by atoms with van der Waals surface area (Å²) in [5.41, 5.74) is 0.838. The largest absolute Gasteiger partial charge is 0.406 e. The van der Waals surface area contributed by atoms with E-state index in [0.717, 1.165) is 16.5 Å². The molecule has 1 heterocycles. The number of hydrogen-bond acceptors (Lipinski definition) is 3. The number of benzene rings is 1. The van der Waals surface area contributed by atoms with Crippen LogP contribution < -0.4 is 0 Å². The van der Waals surface area contributed by atoms with Gasteiger partial charge in [0.25, 0.3) is 0 Å². The van der Waals surface area contributed by atoms with Crippen molar-refractivity contribution < 1.29 is 17.6 Å². The molecule has 0 amide bonds. The highest BCUT2D eigenvalue weighted by Gasteiger charge is 2.29. The lowest BCUT2D eigenvalue weighted by atomic mass is 10.1. The lowest BCUT2D eigenvalue weighted by molar-refractivity contribution is -0.142. The Hall–Kier alpha value is -1.57. The van der Waals surface area contributed by atoms with Gasteiger partial charge in [-0.3, -0.25) is 4.57 Å². The van der Waals surface area contributed by atoms with Gasteiger partial charge in [-0.05, 0) is 24.1 Å². The van der Waals surface area contributed by atoms with E-state index in [9.17, 15) is 17.6 Å². The topological polar surface area (TPSA) is 30.7 Å². The average molecular weight is 319 g/mol. The molecule has 0 saturated carbocycles. The van der Waals surface area contributed by atoms with Gasteiger partial charge in [-0.15, -0.1) is 10.2 Å². The second-order valence-electron chi connectivity index (χ2n) is 4.42. The molecule has 21 heavy (non-hydrogen) atoms.